The number of nitrogens with one attached hydrogen (secondary N) is 1. The molecule has 1 aliphatic heterocycles. The molecule has 1 heterocycles. The molecule has 1 aliphatic carbocycles. The first-order valence-corrected chi connectivity index (χ1v) is 15.7. The largest absolute Gasteiger partial charge is 0.490 e. The summed E-state index contributed by atoms with van der Waals surface area (Å²) in [6.07, 6.45) is 6.53. The molecule has 4 nitrogen and oxygen atoms in total. The number of carbonyl (C=O) groups excluding carboxylic acids is 1. The molecule has 1 amide bonds. The second-order valence-corrected chi connectivity index (χ2v) is 12.4. The first-order valence-electron chi connectivity index (χ1n) is 14.5. The summed E-state index contributed by atoms with van der Waals surface area (Å²) in [7, 11) is 0. The maximum Gasteiger partial charge on any atom is 0.298 e. The third-order valence-corrected chi connectivity index (χ3v) is 9.25. The number of amides is 1. The van der Waals surface area contributed by atoms with Gasteiger partial charge in [-0.2, -0.15) is 8.78 Å². The Kier molecular flexibility index (Phi) is 8.70. The molecule has 1 atom stereocenters. The number of hydrogen-bond acceptors (Lipinski definition) is 4. The number of benzene rings is 4. The molecular weight excluding hydrogens is 574 g/mol. The van der Waals surface area contributed by atoms with Crippen molar-refractivity contribution >= 4 is 40.2 Å². The SMILES string of the molecule is O=C(C(NSc1ccc2cc(OC3CCCC3)ccc2c1)C(F)(F)c1ccc(-c2ccc(Cl)cc2)cc1)N1CCCC1. The van der Waals surface area contributed by atoms with Gasteiger partial charge in [-0.15, -0.1) is 0 Å². The van der Waals surface area contributed by atoms with Crippen LogP contribution in [0.5, 0.6) is 5.75 Å². The van der Waals surface area contributed by atoms with E-state index in [0.717, 1.165) is 70.2 Å². The van der Waals surface area contributed by atoms with E-state index in [4.69, 9.17) is 16.3 Å². The smallest absolute Gasteiger partial charge is 0.298 e. The van der Waals surface area contributed by atoms with Crippen molar-refractivity contribution in [2.75, 3.05) is 13.1 Å². The second kappa shape index (κ2) is 12.6. The summed E-state index contributed by atoms with van der Waals surface area (Å²) in [5.41, 5.74) is 1.46. The maximum absolute atomic E-state index is 16.1. The van der Waals surface area contributed by atoms with Crippen molar-refractivity contribution in [3.05, 3.63) is 95.5 Å². The molecule has 6 rings (SSSR count). The van der Waals surface area contributed by atoms with Crippen LogP contribution in [0.4, 0.5) is 8.78 Å². The summed E-state index contributed by atoms with van der Waals surface area (Å²) in [5, 5.41) is 2.61. The molecule has 0 bridgehead atoms. The van der Waals surface area contributed by atoms with Gasteiger partial charge in [0.25, 0.3) is 5.92 Å². The van der Waals surface area contributed by atoms with Crippen LogP contribution in [0.1, 0.15) is 44.1 Å². The van der Waals surface area contributed by atoms with E-state index >= 15 is 8.78 Å². The number of alkyl halides is 2. The number of fused-ring (bicyclic) bond motifs is 1. The summed E-state index contributed by atoms with van der Waals surface area (Å²) >= 11 is 7.05. The first-order chi connectivity index (χ1) is 20.4. The van der Waals surface area contributed by atoms with Gasteiger partial charge in [-0.05, 0) is 109 Å². The quantitative estimate of drug-likeness (QED) is 0.193. The van der Waals surface area contributed by atoms with E-state index in [9.17, 15) is 4.79 Å². The Bertz CT molecular complexity index is 1540. The molecular formula is C34H33ClF2N2O2S. The Morgan fingerprint density at radius 1 is 0.857 bits per heavy atom. The number of ether oxygens (including phenoxy) is 1. The Hall–Kier alpha value is -3.13. The molecule has 1 saturated heterocycles. The van der Waals surface area contributed by atoms with Crippen LogP contribution < -0.4 is 9.46 Å². The second-order valence-electron chi connectivity index (χ2n) is 11.1. The molecule has 42 heavy (non-hydrogen) atoms. The molecule has 0 aromatic heterocycles. The fourth-order valence-electron chi connectivity index (χ4n) is 5.76. The molecule has 4 aromatic carbocycles. The van der Waals surface area contributed by atoms with Gasteiger partial charge in [-0.25, -0.2) is 4.72 Å². The monoisotopic (exact) mass is 606 g/mol. The molecule has 0 radical (unpaired) electrons. The lowest BCUT2D eigenvalue weighted by Crippen LogP contribution is -2.52. The van der Waals surface area contributed by atoms with Crippen LogP contribution >= 0.6 is 23.5 Å². The Morgan fingerprint density at radius 2 is 1.48 bits per heavy atom. The van der Waals surface area contributed by atoms with E-state index in [2.05, 4.69) is 4.72 Å². The van der Waals surface area contributed by atoms with Crippen LogP contribution in [0.15, 0.2) is 89.8 Å². The van der Waals surface area contributed by atoms with Gasteiger partial charge >= 0.3 is 0 Å². The van der Waals surface area contributed by atoms with E-state index in [-0.39, 0.29) is 11.7 Å². The molecule has 2 aliphatic rings. The fraction of sp³-hybridized carbons (Fsp3) is 0.324. The average Bonchev–Trinajstić information content (AvgIpc) is 3.73. The fourth-order valence-corrected chi connectivity index (χ4v) is 6.71. The molecule has 218 valence electrons. The van der Waals surface area contributed by atoms with Crippen molar-refractivity contribution in [2.24, 2.45) is 0 Å². The van der Waals surface area contributed by atoms with E-state index in [1.807, 2.05) is 48.5 Å². The Labute approximate surface area is 254 Å². The summed E-state index contributed by atoms with van der Waals surface area (Å²) in [5.74, 6) is -3.17. The van der Waals surface area contributed by atoms with Crippen LogP contribution in [0, 0.1) is 0 Å². The van der Waals surface area contributed by atoms with Crippen LogP contribution in [0.25, 0.3) is 21.9 Å². The lowest BCUT2D eigenvalue weighted by molar-refractivity contribution is -0.143. The van der Waals surface area contributed by atoms with Crippen molar-refractivity contribution in [3.8, 4) is 16.9 Å². The standard InChI is InChI=1S/C34H33ClF2N2O2S/c35-28-15-9-24(10-16-28)23-7-13-27(14-8-23)34(36,37)32(33(40)39-19-3-4-20-39)38-42-31-18-12-25-21-30(17-11-26(25)22-31)41-29-5-1-2-6-29/h7-18,21-22,29,32,38H,1-6,19-20H2. The normalized spacial score (nSPS) is 16.7. The van der Waals surface area contributed by atoms with E-state index in [1.54, 1.807) is 29.2 Å². The first kappa shape index (κ1) is 29.0. The Morgan fingerprint density at radius 3 is 2.17 bits per heavy atom. The van der Waals surface area contributed by atoms with Gasteiger partial charge in [0, 0.05) is 28.6 Å². The highest BCUT2D eigenvalue weighted by molar-refractivity contribution is 7.97. The van der Waals surface area contributed by atoms with Gasteiger partial charge in [0.1, 0.15) is 5.75 Å². The van der Waals surface area contributed by atoms with Crippen molar-refractivity contribution in [1.82, 2.24) is 9.62 Å². The number of carbonyl (C=O) groups is 1. The number of rotatable bonds is 9. The molecule has 1 saturated carbocycles. The van der Waals surface area contributed by atoms with Gasteiger partial charge in [0.15, 0.2) is 6.04 Å². The zero-order valence-electron chi connectivity index (χ0n) is 23.2. The third kappa shape index (κ3) is 6.43. The van der Waals surface area contributed by atoms with Crippen LogP contribution in [0.2, 0.25) is 5.02 Å². The zero-order valence-corrected chi connectivity index (χ0v) is 24.8. The number of halogens is 3. The molecule has 2 fully saturated rings. The predicted molar refractivity (Wildman–Crippen MR) is 166 cm³/mol. The summed E-state index contributed by atoms with van der Waals surface area (Å²) in [6.45, 7) is 0.989. The molecule has 1 N–H and O–H groups in total. The summed E-state index contributed by atoms with van der Waals surface area (Å²) < 4.78 is 41.2. The van der Waals surface area contributed by atoms with Gasteiger partial charge in [-0.3, -0.25) is 4.79 Å². The third-order valence-electron chi connectivity index (χ3n) is 8.16. The van der Waals surface area contributed by atoms with Crippen LogP contribution in [-0.4, -0.2) is 36.0 Å². The lowest BCUT2D eigenvalue weighted by atomic mass is 9.97. The van der Waals surface area contributed by atoms with E-state index in [1.165, 1.54) is 25.0 Å². The minimum atomic E-state index is -3.44. The van der Waals surface area contributed by atoms with Crippen molar-refractivity contribution < 1.29 is 18.3 Å². The summed E-state index contributed by atoms with van der Waals surface area (Å²) in [4.78, 5) is 15.7. The highest BCUT2D eigenvalue weighted by Gasteiger charge is 2.48. The Balaban J connectivity index is 1.21. The molecule has 4 aromatic rings. The minimum absolute atomic E-state index is 0.209. The van der Waals surface area contributed by atoms with Crippen LogP contribution in [-0.2, 0) is 10.7 Å². The van der Waals surface area contributed by atoms with Crippen molar-refractivity contribution in [1.29, 1.82) is 0 Å². The van der Waals surface area contributed by atoms with Crippen molar-refractivity contribution in [2.45, 2.75) is 61.5 Å². The number of likely N-dealkylation sites (tertiary alicyclic amines) is 1. The summed E-state index contributed by atoms with van der Waals surface area (Å²) in [6, 6.07) is 23.4. The zero-order chi connectivity index (χ0) is 29.1. The van der Waals surface area contributed by atoms with Gasteiger partial charge < -0.3 is 9.64 Å². The maximum atomic E-state index is 16.1. The van der Waals surface area contributed by atoms with Gasteiger partial charge in [0.2, 0.25) is 5.91 Å². The number of hydrogen-bond donors (Lipinski definition) is 1. The average molecular weight is 607 g/mol. The van der Waals surface area contributed by atoms with Crippen molar-refractivity contribution in [3.63, 3.8) is 0 Å². The molecule has 0 spiro atoms. The molecule has 1 unspecified atom stereocenters. The minimum Gasteiger partial charge on any atom is -0.490 e. The van der Waals surface area contributed by atoms with Crippen LogP contribution in [0.3, 0.4) is 0 Å². The van der Waals surface area contributed by atoms with E-state index < -0.39 is 17.9 Å². The van der Waals surface area contributed by atoms with E-state index in [0.29, 0.717) is 18.1 Å². The highest BCUT2D eigenvalue weighted by atomic mass is 35.5. The van der Waals surface area contributed by atoms with Gasteiger partial charge in [-0.1, -0.05) is 60.1 Å². The number of nitrogens with zero attached hydrogens (tertiary/aromatic N) is 1. The van der Waals surface area contributed by atoms with Gasteiger partial charge in [0.05, 0.1) is 6.10 Å². The molecule has 8 heteroatoms. The lowest BCUT2D eigenvalue weighted by Gasteiger charge is -2.30. The topological polar surface area (TPSA) is 41.6 Å². The predicted octanol–water partition coefficient (Wildman–Crippen LogP) is 8.86. The highest BCUT2D eigenvalue weighted by Crippen LogP contribution is 2.37.